The largest absolute Gasteiger partial charge is 0.398 e. The van der Waals surface area contributed by atoms with Gasteiger partial charge in [0.1, 0.15) is 0 Å². The summed E-state index contributed by atoms with van der Waals surface area (Å²) in [5.74, 6) is 0.664. The molecule has 0 amide bonds. The quantitative estimate of drug-likeness (QED) is 0.463. The summed E-state index contributed by atoms with van der Waals surface area (Å²) in [5, 5.41) is 0. The Balaban J connectivity index is 2.89. The summed E-state index contributed by atoms with van der Waals surface area (Å²) < 4.78 is 0. The van der Waals surface area contributed by atoms with Gasteiger partial charge in [-0.25, -0.2) is 0 Å². The second-order valence-corrected chi connectivity index (χ2v) is 3.74. The molecule has 0 aromatic heterocycles. The zero-order valence-corrected chi connectivity index (χ0v) is 8.58. The lowest BCUT2D eigenvalue weighted by molar-refractivity contribution is 1.13. The average molecular weight is 202 g/mol. The lowest BCUT2D eigenvalue weighted by Crippen LogP contribution is -1.91. The van der Waals surface area contributed by atoms with Crippen LogP contribution in [0.4, 0.5) is 5.69 Å². The molecule has 0 unspecified atom stereocenters. The van der Waals surface area contributed by atoms with E-state index in [1.165, 1.54) is 5.56 Å². The predicted molar refractivity (Wildman–Crippen MR) is 57.1 cm³/mol. The predicted octanol–water partition coefficient (Wildman–Crippen LogP) is 2.77. The van der Waals surface area contributed by atoms with E-state index in [1.807, 2.05) is 18.4 Å². The Bertz CT molecular complexity index is 263. The van der Waals surface area contributed by atoms with Crippen molar-refractivity contribution in [1.29, 1.82) is 0 Å². The van der Waals surface area contributed by atoms with Gasteiger partial charge in [0, 0.05) is 16.5 Å². The van der Waals surface area contributed by atoms with Crippen LogP contribution in [0.2, 0.25) is 0 Å². The fourth-order valence-corrected chi connectivity index (χ4v) is 1.81. The van der Waals surface area contributed by atoms with Crippen LogP contribution in [0.25, 0.3) is 0 Å². The molecule has 1 nitrogen and oxygen atoms in total. The van der Waals surface area contributed by atoms with E-state index in [0.29, 0.717) is 5.88 Å². The van der Waals surface area contributed by atoms with E-state index in [-0.39, 0.29) is 0 Å². The van der Waals surface area contributed by atoms with Gasteiger partial charge >= 0.3 is 0 Å². The Morgan fingerprint density at radius 1 is 1.50 bits per heavy atom. The van der Waals surface area contributed by atoms with Crippen LogP contribution in [0.3, 0.4) is 0 Å². The lowest BCUT2D eigenvalue weighted by atomic mass is 10.1. The Morgan fingerprint density at radius 3 is 2.83 bits per heavy atom. The Labute approximate surface area is 82.3 Å². The molecule has 0 aliphatic rings. The first-order chi connectivity index (χ1) is 5.77. The van der Waals surface area contributed by atoms with Gasteiger partial charge in [0.15, 0.2) is 0 Å². The maximum absolute atomic E-state index is 5.74. The molecule has 1 aromatic rings. The van der Waals surface area contributed by atoms with Crippen molar-refractivity contribution < 1.29 is 0 Å². The van der Waals surface area contributed by atoms with Crippen LogP contribution in [-0.2, 0) is 6.42 Å². The molecule has 3 heteroatoms. The molecule has 0 bridgehead atoms. The van der Waals surface area contributed by atoms with Gasteiger partial charge in [0.05, 0.1) is 0 Å². The molecule has 12 heavy (non-hydrogen) atoms. The first-order valence-corrected chi connectivity index (χ1v) is 5.52. The molecule has 0 saturated carbocycles. The van der Waals surface area contributed by atoms with Gasteiger partial charge in [-0.2, -0.15) is 0 Å². The van der Waals surface area contributed by atoms with Gasteiger partial charge in [-0.15, -0.1) is 23.4 Å². The lowest BCUT2D eigenvalue weighted by Gasteiger charge is -2.04. The van der Waals surface area contributed by atoms with Crippen LogP contribution in [0.15, 0.2) is 23.1 Å². The minimum atomic E-state index is 0.664. The molecule has 66 valence electrons. The van der Waals surface area contributed by atoms with Gasteiger partial charge in [0.25, 0.3) is 0 Å². The van der Waals surface area contributed by atoms with Gasteiger partial charge in [-0.1, -0.05) is 6.07 Å². The molecule has 0 heterocycles. The highest BCUT2D eigenvalue weighted by atomic mass is 35.5. The molecule has 0 spiro atoms. The van der Waals surface area contributed by atoms with E-state index < -0.39 is 0 Å². The van der Waals surface area contributed by atoms with Gasteiger partial charge in [-0.3, -0.25) is 0 Å². The number of halogens is 1. The number of rotatable bonds is 3. The Kier molecular flexibility index (Phi) is 3.76. The average Bonchev–Trinajstić information content (AvgIpc) is 2.09. The van der Waals surface area contributed by atoms with Crippen LogP contribution < -0.4 is 5.73 Å². The van der Waals surface area contributed by atoms with Gasteiger partial charge in [0.2, 0.25) is 0 Å². The minimum absolute atomic E-state index is 0.664. The number of benzene rings is 1. The van der Waals surface area contributed by atoms with Crippen LogP contribution in [0.1, 0.15) is 5.56 Å². The van der Waals surface area contributed by atoms with Crippen molar-refractivity contribution in [3.8, 4) is 0 Å². The highest BCUT2D eigenvalue weighted by Gasteiger charge is 1.98. The molecule has 1 rings (SSSR count). The van der Waals surface area contributed by atoms with E-state index >= 15 is 0 Å². The number of thioether (sulfide) groups is 1. The fourth-order valence-electron chi connectivity index (χ4n) is 1.02. The monoisotopic (exact) mass is 201 g/mol. The van der Waals surface area contributed by atoms with Crippen LogP contribution >= 0.6 is 23.4 Å². The summed E-state index contributed by atoms with van der Waals surface area (Å²) in [4.78, 5) is 1.14. The minimum Gasteiger partial charge on any atom is -0.398 e. The molecule has 2 N–H and O–H groups in total. The molecule has 0 saturated heterocycles. The van der Waals surface area contributed by atoms with Crippen molar-refractivity contribution in [2.24, 2.45) is 0 Å². The smallest absolute Gasteiger partial charge is 0.0452 e. The van der Waals surface area contributed by atoms with Gasteiger partial charge < -0.3 is 5.73 Å². The zero-order chi connectivity index (χ0) is 8.97. The maximum atomic E-state index is 5.74. The summed E-state index contributed by atoms with van der Waals surface area (Å²) in [6, 6.07) is 6.06. The van der Waals surface area contributed by atoms with Crippen molar-refractivity contribution in [2.75, 3.05) is 17.9 Å². The van der Waals surface area contributed by atoms with Crippen LogP contribution in [0.5, 0.6) is 0 Å². The van der Waals surface area contributed by atoms with Crippen LogP contribution in [-0.4, -0.2) is 12.1 Å². The maximum Gasteiger partial charge on any atom is 0.0452 e. The number of hydrogen-bond acceptors (Lipinski definition) is 2. The van der Waals surface area contributed by atoms with Gasteiger partial charge in [-0.05, 0) is 30.4 Å². The number of aryl methyl sites for hydroxylation is 1. The summed E-state index contributed by atoms with van der Waals surface area (Å²) in [6.07, 6.45) is 2.94. The molecular weight excluding hydrogens is 190 g/mol. The van der Waals surface area contributed by atoms with E-state index in [1.54, 1.807) is 11.8 Å². The molecule has 0 aliphatic carbocycles. The Hall–Kier alpha value is -0.340. The van der Waals surface area contributed by atoms with E-state index in [9.17, 15) is 0 Å². The SMILES string of the molecule is CSc1cc(CCCl)ccc1N. The van der Waals surface area contributed by atoms with E-state index in [2.05, 4.69) is 6.07 Å². The molecule has 1 aromatic carbocycles. The highest BCUT2D eigenvalue weighted by molar-refractivity contribution is 7.98. The summed E-state index contributed by atoms with van der Waals surface area (Å²) in [6.45, 7) is 0. The molecule has 0 aliphatic heterocycles. The second kappa shape index (κ2) is 4.63. The summed E-state index contributed by atoms with van der Waals surface area (Å²) in [7, 11) is 0. The van der Waals surface area contributed by atoms with Crippen LogP contribution in [0, 0.1) is 0 Å². The standard InChI is InChI=1S/C9H12ClNS/c1-12-9-6-7(4-5-10)2-3-8(9)11/h2-3,6H,4-5,11H2,1H3. The summed E-state index contributed by atoms with van der Waals surface area (Å²) in [5.41, 5.74) is 7.84. The first kappa shape index (κ1) is 9.75. The fraction of sp³-hybridized carbons (Fsp3) is 0.333. The first-order valence-electron chi connectivity index (χ1n) is 3.76. The van der Waals surface area contributed by atoms with Crippen molar-refractivity contribution in [3.63, 3.8) is 0 Å². The number of nitrogen functional groups attached to an aromatic ring is 1. The summed E-state index contributed by atoms with van der Waals surface area (Å²) >= 11 is 7.30. The molecule has 0 atom stereocenters. The molecular formula is C9H12ClNS. The number of nitrogens with two attached hydrogens (primary N) is 1. The van der Waals surface area contributed by atoms with Crippen molar-refractivity contribution in [2.45, 2.75) is 11.3 Å². The zero-order valence-electron chi connectivity index (χ0n) is 7.01. The Morgan fingerprint density at radius 2 is 2.25 bits per heavy atom. The van der Waals surface area contributed by atoms with Crippen molar-refractivity contribution >= 4 is 29.1 Å². The number of alkyl halides is 1. The third kappa shape index (κ3) is 2.32. The molecule has 0 fully saturated rings. The molecule has 0 radical (unpaired) electrons. The second-order valence-electron chi connectivity index (χ2n) is 2.52. The highest BCUT2D eigenvalue weighted by Crippen LogP contribution is 2.23. The number of anilines is 1. The van der Waals surface area contributed by atoms with Crippen molar-refractivity contribution in [1.82, 2.24) is 0 Å². The third-order valence-electron chi connectivity index (χ3n) is 1.68. The topological polar surface area (TPSA) is 26.0 Å². The van der Waals surface area contributed by atoms with E-state index in [4.69, 9.17) is 17.3 Å². The van der Waals surface area contributed by atoms with E-state index in [0.717, 1.165) is 17.0 Å². The normalized spacial score (nSPS) is 10.2. The van der Waals surface area contributed by atoms with Crippen molar-refractivity contribution in [3.05, 3.63) is 23.8 Å². The third-order valence-corrected chi connectivity index (χ3v) is 2.66. The number of hydrogen-bond donors (Lipinski definition) is 1.